The average Bonchev–Trinajstić information content (AvgIpc) is 3.50. The second kappa shape index (κ2) is 14.2. The Bertz CT molecular complexity index is 1570. The second-order valence-electron chi connectivity index (χ2n) is 14.4. The Morgan fingerprint density at radius 2 is 1.78 bits per heavy atom. The van der Waals surface area contributed by atoms with Crippen LogP contribution in [0.15, 0.2) is 18.3 Å². The van der Waals surface area contributed by atoms with Gasteiger partial charge in [-0.3, -0.25) is 0 Å². The molecule has 1 aliphatic rings. The molecule has 0 radical (unpaired) electrons. The van der Waals surface area contributed by atoms with Gasteiger partial charge in [-0.1, -0.05) is 47.5 Å². The van der Waals surface area contributed by atoms with Gasteiger partial charge in [0.25, 0.3) is 0 Å². The van der Waals surface area contributed by atoms with Gasteiger partial charge in [0.15, 0.2) is 6.23 Å². The molecule has 1 unspecified atom stereocenters. The van der Waals surface area contributed by atoms with Crippen LogP contribution in [0.3, 0.4) is 0 Å². The number of nitrogens with zero attached hydrogens (tertiary/aromatic N) is 4. The molecular formula is C35H52FN5O4Si. The summed E-state index contributed by atoms with van der Waals surface area (Å²) in [6, 6.07) is 3.35. The first-order valence-corrected chi connectivity index (χ1v) is 18.8. The number of nitrogens with one attached hydrogen (secondary N) is 1. The van der Waals surface area contributed by atoms with Gasteiger partial charge in [-0.05, 0) is 69.6 Å². The fourth-order valence-corrected chi connectivity index (χ4v) is 11.9. The molecule has 11 heteroatoms. The molecule has 2 atom stereocenters. The van der Waals surface area contributed by atoms with E-state index in [0.29, 0.717) is 51.4 Å². The number of alkyl carbamates (subject to hydrolysis) is 1. The molecule has 0 bridgehead atoms. The highest BCUT2D eigenvalue weighted by Gasteiger charge is 2.42. The van der Waals surface area contributed by atoms with E-state index >= 15 is 4.39 Å². The van der Waals surface area contributed by atoms with Crippen molar-refractivity contribution in [3.05, 3.63) is 29.8 Å². The summed E-state index contributed by atoms with van der Waals surface area (Å²) in [6.45, 7) is 21.8. The Balaban J connectivity index is 1.78. The van der Waals surface area contributed by atoms with Crippen molar-refractivity contribution in [1.29, 1.82) is 0 Å². The van der Waals surface area contributed by atoms with Crippen LogP contribution in [-0.4, -0.2) is 58.6 Å². The fourth-order valence-electron chi connectivity index (χ4n) is 6.72. The minimum absolute atomic E-state index is 0.197. The summed E-state index contributed by atoms with van der Waals surface area (Å²) in [4.78, 5) is 12.2. The molecule has 2 aromatic heterocycles. The van der Waals surface area contributed by atoms with Gasteiger partial charge >= 0.3 is 6.09 Å². The van der Waals surface area contributed by atoms with Crippen LogP contribution in [0.4, 0.5) is 9.18 Å². The molecule has 3 aromatic rings. The van der Waals surface area contributed by atoms with Gasteiger partial charge in [-0.15, -0.1) is 5.54 Å². The summed E-state index contributed by atoms with van der Waals surface area (Å²) in [7, 11) is -0.315. The third-order valence-corrected chi connectivity index (χ3v) is 15.2. The lowest BCUT2D eigenvalue weighted by molar-refractivity contribution is -0.0367. The van der Waals surface area contributed by atoms with Crippen molar-refractivity contribution < 1.29 is 23.4 Å². The molecule has 0 aliphatic carbocycles. The number of aromatic nitrogens is 4. The topological polar surface area (TPSA) is 92.4 Å². The number of hydrogen-bond acceptors (Lipinski definition) is 6. The SMILES string of the molecule is CC(C)[Si](C#Cc1nn(C2CCCCO2)c2cc(F)c(-c3cnn(C)c3O[C@@H](C)CNC(=O)OC(C)(C)C)cc12)(C(C)C)C(C)C. The van der Waals surface area contributed by atoms with Crippen LogP contribution < -0.4 is 10.1 Å². The van der Waals surface area contributed by atoms with Crippen molar-refractivity contribution in [2.24, 2.45) is 7.05 Å². The predicted octanol–water partition coefficient (Wildman–Crippen LogP) is 8.14. The Morgan fingerprint density at radius 3 is 2.37 bits per heavy atom. The zero-order valence-electron chi connectivity index (χ0n) is 29.5. The summed E-state index contributed by atoms with van der Waals surface area (Å²) < 4.78 is 37.2. The molecule has 9 nitrogen and oxygen atoms in total. The smallest absolute Gasteiger partial charge is 0.407 e. The molecule has 46 heavy (non-hydrogen) atoms. The molecule has 3 heterocycles. The number of amides is 1. The van der Waals surface area contributed by atoms with Crippen molar-refractivity contribution in [1.82, 2.24) is 24.9 Å². The van der Waals surface area contributed by atoms with Crippen molar-refractivity contribution in [3.8, 4) is 28.5 Å². The fraction of sp³-hybridized carbons (Fsp3) is 0.629. The summed E-state index contributed by atoms with van der Waals surface area (Å²) >= 11 is 0. The van der Waals surface area contributed by atoms with Gasteiger partial charge < -0.3 is 19.5 Å². The number of carbonyl (C=O) groups excluding carboxylic acids is 1. The lowest BCUT2D eigenvalue weighted by Crippen LogP contribution is -2.43. The first-order valence-electron chi connectivity index (χ1n) is 16.6. The van der Waals surface area contributed by atoms with E-state index in [2.05, 4.69) is 63.4 Å². The van der Waals surface area contributed by atoms with E-state index in [1.54, 1.807) is 38.7 Å². The maximum Gasteiger partial charge on any atom is 0.407 e. The number of ether oxygens (including phenoxy) is 3. The van der Waals surface area contributed by atoms with E-state index < -0.39 is 31.7 Å². The highest BCUT2D eigenvalue weighted by Crippen LogP contribution is 2.41. The summed E-state index contributed by atoms with van der Waals surface area (Å²) in [5.41, 5.74) is 6.71. The summed E-state index contributed by atoms with van der Waals surface area (Å²) in [5, 5.41) is 12.9. The van der Waals surface area contributed by atoms with Crippen LogP contribution in [0.5, 0.6) is 5.88 Å². The average molecular weight is 654 g/mol. The number of benzene rings is 1. The third-order valence-electron chi connectivity index (χ3n) is 8.91. The molecule has 1 fully saturated rings. The van der Waals surface area contributed by atoms with Crippen LogP contribution in [0.1, 0.15) is 100 Å². The summed E-state index contributed by atoms with van der Waals surface area (Å²) in [5.74, 6) is 3.49. The highest BCUT2D eigenvalue weighted by molar-refractivity contribution is 6.90. The number of fused-ring (bicyclic) bond motifs is 1. The zero-order chi connectivity index (χ0) is 34.0. The predicted molar refractivity (Wildman–Crippen MR) is 183 cm³/mol. The largest absolute Gasteiger partial charge is 0.472 e. The molecule has 1 aromatic carbocycles. The minimum Gasteiger partial charge on any atom is -0.472 e. The van der Waals surface area contributed by atoms with Gasteiger partial charge in [0.2, 0.25) is 5.88 Å². The van der Waals surface area contributed by atoms with Gasteiger partial charge in [0.05, 0.1) is 23.8 Å². The number of rotatable bonds is 9. The van der Waals surface area contributed by atoms with Crippen molar-refractivity contribution in [2.45, 2.75) is 123 Å². The summed E-state index contributed by atoms with van der Waals surface area (Å²) in [6.07, 6.45) is 3.19. The van der Waals surface area contributed by atoms with E-state index in [-0.39, 0.29) is 12.8 Å². The van der Waals surface area contributed by atoms with Gasteiger partial charge in [0, 0.05) is 30.7 Å². The Morgan fingerprint density at radius 1 is 1.11 bits per heavy atom. The van der Waals surface area contributed by atoms with E-state index in [9.17, 15) is 4.79 Å². The molecule has 1 N–H and O–H groups in total. The molecule has 1 saturated heterocycles. The number of halogens is 1. The van der Waals surface area contributed by atoms with E-state index in [1.807, 2.05) is 17.7 Å². The monoisotopic (exact) mass is 653 g/mol. The van der Waals surface area contributed by atoms with E-state index in [0.717, 1.165) is 24.6 Å². The van der Waals surface area contributed by atoms with Gasteiger partial charge in [0.1, 0.15) is 31.3 Å². The Labute approximate surface area is 274 Å². The zero-order valence-corrected chi connectivity index (χ0v) is 30.5. The normalized spacial score (nSPS) is 16.5. The van der Waals surface area contributed by atoms with Crippen molar-refractivity contribution in [2.75, 3.05) is 13.2 Å². The highest BCUT2D eigenvalue weighted by atomic mass is 28.3. The molecular weight excluding hydrogens is 602 g/mol. The Kier molecular flexibility index (Phi) is 10.9. The number of aryl methyl sites for hydroxylation is 1. The molecule has 4 rings (SSSR count). The Hall–Kier alpha value is -3.36. The lowest BCUT2D eigenvalue weighted by Gasteiger charge is -2.38. The second-order valence-corrected chi connectivity index (χ2v) is 20.0. The third kappa shape index (κ3) is 7.60. The standard InChI is InChI=1S/C35H52FN5O4Si/c1-22(2)46(23(3)4,24(5)6)17-15-30-27-18-26(29(36)19-31(27)41(39-30)32-14-12-13-16-43-32)28-21-38-40(11)33(28)44-25(7)20-37-34(42)45-35(8,9)10/h18-19,21-25,32H,12-14,16,20H2,1-11H3,(H,37,42)/t25-,32?/m0/s1. The van der Waals surface area contributed by atoms with Crippen molar-refractivity contribution in [3.63, 3.8) is 0 Å². The molecule has 0 saturated carbocycles. The first kappa shape index (κ1) is 35.5. The van der Waals surface area contributed by atoms with Crippen LogP contribution in [0.2, 0.25) is 16.6 Å². The van der Waals surface area contributed by atoms with Crippen LogP contribution in [0.25, 0.3) is 22.0 Å². The first-order chi connectivity index (χ1) is 21.5. The maximum absolute atomic E-state index is 16.1. The lowest BCUT2D eigenvalue weighted by atomic mass is 10.0. The number of carbonyl (C=O) groups is 1. The molecule has 1 aliphatic heterocycles. The van der Waals surface area contributed by atoms with E-state index in [4.69, 9.17) is 19.3 Å². The maximum atomic E-state index is 16.1. The van der Waals surface area contributed by atoms with Gasteiger partial charge in [-0.25, -0.2) is 18.5 Å². The minimum atomic E-state index is -2.06. The number of hydrogen-bond donors (Lipinski definition) is 1. The molecule has 0 spiro atoms. The van der Waals surface area contributed by atoms with Crippen LogP contribution >= 0.6 is 0 Å². The van der Waals surface area contributed by atoms with Crippen molar-refractivity contribution >= 4 is 25.1 Å². The van der Waals surface area contributed by atoms with E-state index in [1.165, 1.54) is 6.07 Å². The van der Waals surface area contributed by atoms with Gasteiger partial charge in [-0.2, -0.15) is 10.2 Å². The molecule has 1 amide bonds. The molecule has 252 valence electrons. The van der Waals surface area contributed by atoms with Crippen LogP contribution in [-0.2, 0) is 16.5 Å². The van der Waals surface area contributed by atoms with Crippen LogP contribution in [0, 0.1) is 17.3 Å². The quantitative estimate of drug-likeness (QED) is 0.185.